The molecule has 1 unspecified atom stereocenters. The molecule has 0 N–H and O–H groups in total. The molecule has 1 aromatic rings. The maximum atomic E-state index is 13.3. The Morgan fingerprint density at radius 2 is 1.78 bits per heavy atom. The molecule has 0 saturated carbocycles. The van der Waals surface area contributed by atoms with Crippen LogP contribution in [0.5, 0.6) is 0 Å². The van der Waals surface area contributed by atoms with Crippen molar-refractivity contribution in [2.75, 3.05) is 12.8 Å². The quantitative estimate of drug-likeness (QED) is 0.583. The lowest BCUT2D eigenvalue weighted by molar-refractivity contribution is -0.137. The first-order valence-electron chi connectivity index (χ1n) is 10.5. The Bertz CT molecular complexity index is 1120. The summed E-state index contributed by atoms with van der Waals surface area (Å²) in [5.41, 5.74) is 0.167. The number of ketones is 2. The zero-order valence-electron chi connectivity index (χ0n) is 18.3. The van der Waals surface area contributed by atoms with Crippen molar-refractivity contribution >= 4 is 27.0 Å². The van der Waals surface area contributed by atoms with Crippen LogP contribution in [0.1, 0.15) is 57.1 Å². The van der Waals surface area contributed by atoms with Gasteiger partial charge in [-0.15, -0.1) is 0 Å². The van der Waals surface area contributed by atoms with Crippen LogP contribution in [0.25, 0.3) is 5.57 Å². The Labute approximate surface area is 185 Å². The Kier molecular flexibility index (Phi) is 6.70. The Morgan fingerprint density at radius 3 is 2.41 bits per heavy atom. The first-order valence-corrected chi connectivity index (χ1v) is 12.3. The van der Waals surface area contributed by atoms with E-state index in [4.69, 9.17) is 0 Å². The number of benzene rings is 1. The van der Waals surface area contributed by atoms with E-state index >= 15 is 0 Å². The van der Waals surface area contributed by atoms with Gasteiger partial charge in [0, 0.05) is 36.7 Å². The number of nitrogens with zero attached hydrogens (tertiary/aromatic N) is 1. The number of carbonyl (C=O) groups is 2. The minimum absolute atomic E-state index is 0.00214. The monoisotopic (exact) mass is 469 g/mol. The van der Waals surface area contributed by atoms with Crippen molar-refractivity contribution in [2.45, 2.75) is 57.0 Å². The largest absolute Gasteiger partial charge is 0.416 e. The standard InChI is InChI=1S/C23H26F3NO4S/c1-14-5-4-6-18-21(22(29)19(28)10-7-15(2)13-27(18)12-14)17-9-8-16(23(24,25)26)11-20(17)32(3,30)31/h8-9,11-12,15H,4-7,10,13H2,1-3H3/b21-18-. The highest BCUT2D eigenvalue weighted by molar-refractivity contribution is 7.90. The lowest BCUT2D eigenvalue weighted by Gasteiger charge is -2.28. The molecule has 0 amide bonds. The molecule has 0 radical (unpaired) electrons. The van der Waals surface area contributed by atoms with E-state index in [1.54, 1.807) is 0 Å². The van der Waals surface area contributed by atoms with Crippen LogP contribution in [0.2, 0.25) is 0 Å². The number of rotatable bonds is 2. The minimum atomic E-state index is -4.75. The van der Waals surface area contributed by atoms with Crippen LogP contribution in [0.4, 0.5) is 13.2 Å². The van der Waals surface area contributed by atoms with Gasteiger partial charge in [0.2, 0.25) is 11.6 Å². The van der Waals surface area contributed by atoms with E-state index in [9.17, 15) is 31.2 Å². The highest BCUT2D eigenvalue weighted by Gasteiger charge is 2.36. The third kappa shape index (κ3) is 5.14. The van der Waals surface area contributed by atoms with Crippen LogP contribution in [-0.2, 0) is 25.6 Å². The molecule has 0 spiro atoms. The summed E-state index contributed by atoms with van der Waals surface area (Å²) in [5.74, 6) is -1.42. The number of alkyl halides is 3. The smallest absolute Gasteiger partial charge is 0.350 e. The maximum Gasteiger partial charge on any atom is 0.416 e. The molecule has 32 heavy (non-hydrogen) atoms. The minimum Gasteiger partial charge on any atom is -0.350 e. The molecule has 3 rings (SSSR count). The summed E-state index contributed by atoms with van der Waals surface area (Å²) >= 11 is 0. The Balaban J connectivity index is 2.38. The van der Waals surface area contributed by atoms with Gasteiger partial charge in [-0.3, -0.25) is 9.59 Å². The van der Waals surface area contributed by atoms with Crippen LogP contribution in [-0.4, -0.2) is 37.7 Å². The zero-order chi connectivity index (χ0) is 23.8. The van der Waals surface area contributed by atoms with Gasteiger partial charge in [-0.25, -0.2) is 8.42 Å². The third-order valence-corrected chi connectivity index (χ3v) is 6.96. The van der Waals surface area contributed by atoms with Gasteiger partial charge in [0.15, 0.2) is 9.84 Å². The van der Waals surface area contributed by atoms with Gasteiger partial charge < -0.3 is 4.90 Å². The first kappa shape index (κ1) is 24.2. The number of fused-ring (bicyclic) bond motifs is 1. The van der Waals surface area contributed by atoms with Crippen molar-refractivity contribution in [1.82, 2.24) is 4.90 Å². The van der Waals surface area contributed by atoms with Crippen molar-refractivity contribution in [3.8, 4) is 0 Å². The van der Waals surface area contributed by atoms with Gasteiger partial charge in [0.25, 0.3) is 0 Å². The van der Waals surface area contributed by atoms with Gasteiger partial charge in [0.1, 0.15) is 0 Å². The summed E-state index contributed by atoms with van der Waals surface area (Å²) < 4.78 is 64.9. The van der Waals surface area contributed by atoms with Crippen LogP contribution in [0.3, 0.4) is 0 Å². The van der Waals surface area contributed by atoms with Gasteiger partial charge >= 0.3 is 6.18 Å². The second-order valence-corrected chi connectivity index (χ2v) is 10.7. The Hall–Kier alpha value is -2.42. The fourth-order valence-electron chi connectivity index (χ4n) is 4.20. The number of Topliss-reactive ketones (excluding diaryl/α,β-unsaturated/α-hetero) is 2. The Morgan fingerprint density at radius 1 is 1.09 bits per heavy atom. The van der Waals surface area contributed by atoms with Crippen LogP contribution < -0.4 is 0 Å². The van der Waals surface area contributed by atoms with E-state index in [2.05, 4.69) is 0 Å². The van der Waals surface area contributed by atoms with Crippen molar-refractivity contribution in [3.05, 3.63) is 46.8 Å². The van der Waals surface area contributed by atoms with Crippen LogP contribution >= 0.6 is 0 Å². The van der Waals surface area contributed by atoms with Gasteiger partial charge in [-0.2, -0.15) is 13.2 Å². The summed E-state index contributed by atoms with van der Waals surface area (Å²) in [6.45, 7) is 4.44. The van der Waals surface area contributed by atoms with Gasteiger partial charge in [-0.1, -0.05) is 18.6 Å². The van der Waals surface area contributed by atoms with E-state index in [0.29, 0.717) is 37.6 Å². The number of hydrogen-bond acceptors (Lipinski definition) is 5. The second kappa shape index (κ2) is 8.84. The molecule has 0 aromatic heterocycles. The summed E-state index contributed by atoms with van der Waals surface area (Å²) in [6.07, 6.45) is 0.263. The summed E-state index contributed by atoms with van der Waals surface area (Å²) in [7, 11) is -4.14. The molecular formula is C23H26F3NO4S. The van der Waals surface area contributed by atoms with E-state index in [1.165, 1.54) is 0 Å². The van der Waals surface area contributed by atoms with E-state index in [1.807, 2.05) is 24.9 Å². The summed E-state index contributed by atoms with van der Waals surface area (Å²) in [6, 6.07) is 2.31. The molecule has 0 bridgehead atoms. The van der Waals surface area contributed by atoms with E-state index < -0.39 is 38.0 Å². The predicted molar refractivity (Wildman–Crippen MR) is 114 cm³/mol. The predicted octanol–water partition coefficient (Wildman–Crippen LogP) is 4.78. The molecule has 0 saturated heterocycles. The van der Waals surface area contributed by atoms with Crippen LogP contribution in [0, 0.1) is 5.92 Å². The molecule has 2 aliphatic heterocycles. The summed E-state index contributed by atoms with van der Waals surface area (Å²) in [4.78, 5) is 27.3. The number of sulfone groups is 1. The number of hydrogen-bond donors (Lipinski definition) is 0. The van der Waals surface area contributed by atoms with Crippen molar-refractivity contribution < 1.29 is 31.2 Å². The molecule has 0 fully saturated rings. The highest BCUT2D eigenvalue weighted by Crippen LogP contribution is 2.38. The van der Waals surface area contributed by atoms with E-state index in [0.717, 1.165) is 30.4 Å². The average molecular weight is 470 g/mol. The molecule has 1 atom stereocenters. The highest BCUT2D eigenvalue weighted by atomic mass is 32.2. The zero-order valence-corrected chi connectivity index (χ0v) is 19.1. The number of carbonyl (C=O) groups excluding carboxylic acids is 2. The van der Waals surface area contributed by atoms with Gasteiger partial charge in [0.05, 0.1) is 16.0 Å². The molecule has 5 nitrogen and oxygen atoms in total. The molecule has 2 aliphatic rings. The van der Waals surface area contributed by atoms with Crippen LogP contribution in [0.15, 0.2) is 40.6 Å². The van der Waals surface area contributed by atoms with E-state index in [-0.39, 0.29) is 23.5 Å². The third-order valence-electron chi connectivity index (χ3n) is 5.83. The van der Waals surface area contributed by atoms with Crippen molar-refractivity contribution in [2.24, 2.45) is 5.92 Å². The SMILES string of the molecule is CC1=CN2CC(C)CCC(=O)C(=O)/C(c3ccc(C(F)(F)F)cc3S(C)(=O)=O)=C\2CCC1. The molecule has 9 heteroatoms. The maximum absolute atomic E-state index is 13.3. The lowest BCUT2D eigenvalue weighted by atomic mass is 9.92. The fourth-order valence-corrected chi connectivity index (χ4v) is 5.11. The molecule has 0 aliphatic carbocycles. The second-order valence-electron chi connectivity index (χ2n) is 8.68. The first-order chi connectivity index (χ1) is 14.8. The topological polar surface area (TPSA) is 71.5 Å². The molecule has 174 valence electrons. The van der Waals surface area contributed by atoms with Crippen molar-refractivity contribution in [3.63, 3.8) is 0 Å². The number of halogens is 3. The molecule has 1 aromatic carbocycles. The fraction of sp³-hybridized carbons (Fsp3) is 0.478. The summed E-state index contributed by atoms with van der Waals surface area (Å²) in [5, 5.41) is 0. The average Bonchev–Trinajstić information content (AvgIpc) is 2.83. The molecular weight excluding hydrogens is 443 g/mol. The number of allylic oxidation sites excluding steroid dienone is 3. The lowest BCUT2D eigenvalue weighted by Crippen LogP contribution is -2.25. The normalized spacial score (nSPS) is 23.6. The van der Waals surface area contributed by atoms with Gasteiger partial charge in [-0.05, 0) is 50.7 Å². The van der Waals surface area contributed by atoms with Crippen molar-refractivity contribution in [1.29, 1.82) is 0 Å². The molecule has 2 heterocycles.